The molecule has 1 rings (SSSR count). The quantitative estimate of drug-likeness (QED) is 0.391. The Hall–Kier alpha value is 0.180. The van der Waals surface area contributed by atoms with Crippen LogP contribution in [0, 0.1) is 5.92 Å². The van der Waals surface area contributed by atoms with Crippen molar-refractivity contribution in [3.05, 3.63) is 12.2 Å². The Kier molecular flexibility index (Phi) is 6.06. The molecule has 2 heteroatoms. The molecular formula is C14H25BrO. The van der Waals surface area contributed by atoms with E-state index in [0.717, 1.165) is 17.9 Å². The van der Waals surface area contributed by atoms with E-state index >= 15 is 0 Å². The molecule has 16 heavy (non-hydrogen) atoms. The molecule has 0 aromatic heterocycles. The van der Waals surface area contributed by atoms with Crippen LogP contribution in [0.4, 0.5) is 0 Å². The number of alkyl halides is 1. The zero-order chi connectivity index (χ0) is 12.0. The van der Waals surface area contributed by atoms with E-state index in [1.807, 2.05) is 0 Å². The molecule has 0 aromatic rings. The third kappa shape index (κ3) is 4.58. The molecule has 1 fully saturated rings. The van der Waals surface area contributed by atoms with Gasteiger partial charge in [0.05, 0.1) is 5.60 Å². The maximum absolute atomic E-state index is 6.05. The normalized spacial score (nSPS) is 30.3. The van der Waals surface area contributed by atoms with Crippen molar-refractivity contribution < 1.29 is 4.74 Å². The third-order valence-corrected chi connectivity index (χ3v) is 4.28. The van der Waals surface area contributed by atoms with Gasteiger partial charge in [0, 0.05) is 11.9 Å². The fraction of sp³-hybridized carbons (Fsp3) is 0.857. The molecule has 1 saturated carbocycles. The first kappa shape index (κ1) is 14.2. The number of hydrogen-bond donors (Lipinski definition) is 0. The zero-order valence-electron chi connectivity index (χ0n) is 10.7. The summed E-state index contributed by atoms with van der Waals surface area (Å²) in [7, 11) is 0. The number of allylic oxidation sites excluding steroid dienone is 1. The van der Waals surface area contributed by atoms with E-state index in [9.17, 15) is 0 Å². The van der Waals surface area contributed by atoms with Crippen LogP contribution in [-0.2, 0) is 4.74 Å². The molecule has 0 atom stereocenters. The van der Waals surface area contributed by atoms with Crippen molar-refractivity contribution in [1.82, 2.24) is 0 Å². The number of rotatable bonds is 6. The van der Waals surface area contributed by atoms with Crippen LogP contribution >= 0.6 is 15.9 Å². The van der Waals surface area contributed by atoms with Gasteiger partial charge < -0.3 is 4.74 Å². The topological polar surface area (TPSA) is 9.23 Å². The summed E-state index contributed by atoms with van der Waals surface area (Å²) in [5.74, 6) is 0.735. The van der Waals surface area contributed by atoms with Crippen molar-refractivity contribution in [2.75, 3.05) is 11.9 Å². The highest BCUT2D eigenvalue weighted by Crippen LogP contribution is 2.37. The molecule has 0 amide bonds. The lowest BCUT2D eigenvalue weighted by molar-refractivity contribution is -0.0627. The van der Waals surface area contributed by atoms with Gasteiger partial charge in [-0.3, -0.25) is 0 Å². The van der Waals surface area contributed by atoms with E-state index in [4.69, 9.17) is 4.74 Å². The van der Waals surface area contributed by atoms with E-state index in [2.05, 4.69) is 36.4 Å². The molecule has 94 valence electrons. The first-order valence-corrected chi connectivity index (χ1v) is 7.55. The molecular weight excluding hydrogens is 264 g/mol. The van der Waals surface area contributed by atoms with E-state index in [0.29, 0.717) is 0 Å². The molecule has 0 unspecified atom stereocenters. The summed E-state index contributed by atoms with van der Waals surface area (Å²) in [5, 5.41) is 1.09. The Morgan fingerprint density at radius 2 is 2.00 bits per heavy atom. The highest BCUT2D eigenvalue weighted by Gasteiger charge is 2.31. The number of hydrogen-bond acceptors (Lipinski definition) is 1. The smallest absolute Gasteiger partial charge is 0.0655 e. The summed E-state index contributed by atoms with van der Waals surface area (Å²) < 4.78 is 6.05. The molecule has 0 bridgehead atoms. The van der Waals surface area contributed by atoms with Crippen molar-refractivity contribution in [2.24, 2.45) is 5.92 Å². The van der Waals surface area contributed by atoms with E-state index < -0.39 is 0 Å². The Morgan fingerprint density at radius 3 is 2.50 bits per heavy atom. The van der Waals surface area contributed by atoms with Gasteiger partial charge >= 0.3 is 0 Å². The van der Waals surface area contributed by atoms with E-state index in [1.54, 1.807) is 0 Å². The summed E-state index contributed by atoms with van der Waals surface area (Å²) in [6.45, 7) is 9.41. The third-order valence-electron chi connectivity index (χ3n) is 3.72. The van der Waals surface area contributed by atoms with Crippen LogP contribution in [0.2, 0.25) is 0 Å². The van der Waals surface area contributed by atoms with Crippen LogP contribution < -0.4 is 0 Å². The second-order valence-corrected chi connectivity index (χ2v) is 6.11. The van der Waals surface area contributed by atoms with E-state index in [-0.39, 0.29) is 5.60 Å². The minimum atomic E-state index is 0.137. The average molecular weight is 289 g/mol. The summed E-state index contributed by atoms with van der Waals surface area (Å²) in [6.07, 6.45) is 7.28. The van der Waals surface area contributed by atoms with Crippen LogP contribution in [0.3, 0.4) is 0 Å². The molecule has 1 aliphatic rings. The van der Waals surface area contributed by atoms with Crippen LogP contribution in [0.1, 0.15) is 52.4 Å². The molecule has 0 heterocycles. The monoisotopic (exact) mass is 288 g/mol. The molecule has 0 N–H and O–H groups in total. The molecule has 0 saturated heterocycles. The maximum Gasteiger partial charge on any atom is 0.0655 e. The second-order valence-electron chi connectivity index (χ2n) is 5.32. The summed E-state index contributed by atoms with van der Waals surface area (Å²) in [5.41, 5.74) is 1.49. The van der Waals surface area contributed by atoms with Gasteiger partial charge in [-0.05, 0) is 58.3 Å². The molecule has 0 spiro atoms. The lowest BCUT2D eigenvalue weighted by Crippen LogP contribution is -2.34. The van der Waals surface area contributed by atoms with Gasteiger partial charge in [0.15, 0.2) is 0 Å². The summed E-state index contributed by atoms with van der Waals surface area (Å²) in [6, 6.07) is 0. The number of halogens is 1. The highest BCUT2D eigenvalue weighted by atomic mass is 79.9. The predicted octanol–water partition coefficient (Wildman–Crippen LogP) is 4.70. The Balaban J connectivity index is 2.24. The lowest BCUT2D eigenvalue weighted by atomic mass is 9.77. The van der Waals surface area contributed by atoms with Crippen molar-refractivity contribution in [3.8, 4) is 0 Å². The van der Waals surface area contributed by atoms with Gasteiger partial charge in [-0.15, -0.1) is 0 Å². The van der Waals surface area contributed by atoms with Gasteiger partial charge in [-0.2, -0.15) is 0 Å². The van der Waals surface area contributed by atoms with Gasteiger partial charge in [-0.1, -0.05) is 28.1 Å². The summed E-state index contributed by atoms with van der Waals surface area (Å²) >= 11 is 3.45. The van der Waals surface area contributed by atoms with Crippen molar-refractivity contribution >= 4 is 15.9 Å². The fourth-order valence-corrected chi connectivity index (χ4v) is 2.78. The van der Waals surface area contributed by atoms with Crippen LogP contribution in [0.15, 0.2) is 12.2 Å². The molecule has 1 nitrogen and oxygen atoms in total. The largest absolute Gasteiger partial charge is 0.375 e. The SMILES string of the molecule is C=C(C)C1CCC(C)(OCCCCBr)CC1. The second kappa shape index (κ2) is 6.80. The molecule has 0 aliphatic heterocycles. The van der Waals surface area contributed by atoms with Gasteiger partial charge in [0.2, 0.25) is 0 Å². The van der Waals surface area contributed by atoms with Crippen molar-refractivity contribution in [2.45, 2.75) is 58.0 Å². The van der Waals surface area contributed by atoms with Gasteiger partial charge in [0.25, 0.3) is 0 Å². The van der Waals surface area contributed by atoms with Gasteiger partial charge in [-0.25, -0.2) is 0 Å². The predicted molar refractivity (Wildman–Crippen MR) is 74.2 cm³/mol. The number of ether oxygens (including phenoxy) is 1. The van der Waals surface area contributed by atoms with Crippen molar-refractivity contribution in [3.63, 3.8) is 0 Å². The standard InChI is InChI=1S/C14H25BrO/c1-12(2)13-6-8-14(3,9-7-13)16-11-5-4-10-15/h13H,1,4-11H2,2-3H3. The Bertz CT molecular complexity index is 217. The zero-order valence-corrected chi connectivity index (χ0v) is 12.3. The highest BCUT2D eigenvalue weighted by molar-refractivity contribution is 9.09. The van der Waals surface area contributed by atoms with Gasteiger partial charge in [0.1, 0.15) is 0 Å². The number of unbranched alkanes of at least 4 members (excludes halogenated alkanes) is 1. The van der Waals surface area contributed by atoms with E-state index in [1.165, 1.54) is 44.1 Å². The lowest BCUT2D eigenvalue weighted by Gasteiger charge is -2.37. The minimum absolute atomic E-state index is 0.137. The first-order valence-electron chi connectivity index (χ1n) is 6.43. The minimum Gasteiger partial charge on any atom is -0.375 e. The molecule has 1 aliphatic carbocycles. The van der Waals surface area contributed by atoms with Crippen LogP contribution in [0.5, 0.6) is 0 Å². The first-order chi connectivity index (χ1) is 7.57. The average Bonchev–Trinajstić information content (AvgIpc) is 2.25. The molecule has 0 aromatic carbocycles. The summed E-state index contributed by atoms with van der Waals surface area (Å²) in [4.78, 5) is 0. The van der Waals surface area contributed by atoms with Crippen LogP contribution in [-0.4, -0.2) is 17.5 Å². The Morgan fingerprint density at radius 1 is 1.38 bits per heavy atom. The van der Waals surface area contributed by atoms with Crippen LogP contribution in [0.25, 0.3) is 0 Å². The fourth-order valence-electron chi connectivity index (χ4n) is 2.38. The maximum atomic E-state index is 6.05. The van der Waals surface area contributed by atoms with Crippen molar-refractivity contribution in [1.29, 1.82) is 0 Å². The Labute approximate surface area is 109 Å². The molecule has 0 radical (unpaired) electrons.